The van der Waals surface area contributed by atoms with E-state index in [-0.39, 0.29) is 23.4 Å². The van der Waals surface area contributed by atoms with E-state index >= 15 is 0 Å². The van der Waals surface area contributed by atoms with E-state index in [4.69, 9.17) is 23.2 Å². The Morgan fingerprint density at radius 3 is 2.17 bits per heavy atom. The van der Waals surface area contributed by atoms with Gasteiger partial charge < -0.3 is 10.2 Å². The Bertz CT molecular complexity index is 1140. The molecule has 0 heterocycles. The van der Waals surface area contributed by atoms with Crippen LogP contribution in [-0.4, -0.2) is 55.1 Å². The molecule has 192 valence electrons. The Morgan fingerprint density at radius 1 is 1.00 bits per heavy atom. The molecule has 2 atom stereocenters. The molecule has 35 heavy (non-hydrogen) atoms. The van der Waals surface area contributed by atoms with Gasteiger partial charge in [-0.15, -0.1) is 0 Å². The maximum Gasteiger partial charge on any atom is 0.243 e. The van der Waals surface area contributed by atoms with Crippen molar-refractivity contribution < 1.29 is 18.0 Å². The molecule has 2 aromatic rings. The van der Waals surface area contributed by atoms with Crippen molar-refractivity contribution in [2.75, 3.05) is 13.6 Å². The lowest BCUT2D eigenvalue weighted by atomic mass is 10.1. The van der Waals surface area contributed by atoms with Crippen LogP contribution in [0.5, 0.6) is 0 Å². The molecule has 2 amide bonds. The lowest BCUT2D eigenvalue weighted by molar-refractivity contribution is -0.141. The second-order valence-electron chi connectivity index (χ2n) is 8.59. The largest absolute Gasteiger partial charge is 0.352 e. The van der Waals surface area contributed by atoms with Crippen LogP contribution in [0.25, 0.3) is 0 Å². The topological polar surface area (TPSA) is 86.8 Å². The molecule has 10 heteroatoms. The molecule has 2 aromatic carbocycles. The molecule has 0 saturated heterocycles. The fourth-order valence-corrected chi connectivity index (χ4v) is 4.89. The van der Waals surface area contributed by atoms with Crippen molar-refractivity contribution in [3.05, 3.63) is 63.6 Å². The van der Waals surface area contributed by atoms with E-state index in [1.54, 1.807) is 30.3 Å². The molecule has 0 aliphatic heterocycles. The summed E-state index contributed by atoms with van der Waals surface area (Å²) in [6, 6.07) is 10.5. The summed E-state index contributed by atoms with van der Waals surface area (Å²) in [5.74, 6) is -0.792. The predicted molar refractivity (Wildman–Crippen MR) is 140 cm³/mol. The van der Waals surface area contributed by atoms with Gasteiger partial charge in [0.2, 0.25) is 21.8 Å². The molecule has 0 fully saturated rings. The number of amides is 2. The van der Waals surface area contributed by atoms with E-state index in [1.807, 2.05) is 27.7 Å². The molecule has 0 aromatic heterocycles. The first-order valence-corrected chi connectivity index (χ1v) is 13.7. The predicted octanol–water partition coefficient (Wildman–Crippen LogP) is 4.64. The van der Waals surface area contributed by atoms with Gasteiger partial charge in [-0.1, -0.05) is 60.8 Å². The van der Waals surface area contributed by atoms with E-state index in [9.17, 15) is 18.0 Å². The monoisotopic (exact) mass is 541 g/mol. The van der Waals surface area contributed by atoms with Crippen LogP contribution < -0.4 is 5.32 Å². The van der Waals surface area contributed by atoms with Crippen molar-refractivity contribution in [1.29, 1.82) is 0 Å². The molecular weight excluding hydrogens is 509 g/mol. The average molecular weight is 543 g/mol. The summed E-state index contributed by atoms with van der Waals surface area (Å²) in [6.07, 6.45) is 1.09. The van der Waals surface area contributed by atoms with Gasteiger partial charge in [0.15, 0.2) is 0 Å². The number of benzene rings is 2. The number of aryl methyl sites for hydroxylation is 1. The number of nitrogens with zero attached hydrogens (tertiary/aromatic N) is 2. The van der Waals surface area contributed by atoms with E-state index in [1.165, 1.54) is 24.1 Å². The summed E-state index contributed by atoms with van der Waals surface area (Å²) in [4.78, 5) is 28.0. The highest BCUT2D eigenvalue weighted by atomic mass is 35.5. The van der Waals surface area contributed by atoms with Crippen LogP contribution in [0.3, 0.4) is 0 Å². The van der Waals surface area contributed by atoms with Crippen LogP contribution in [0.4, 0.5) is 0 Å². The molecule has 7 nitrogen and oxygen atoms in total. The molecule has 0 radical (unpaired) electrons. The van der Waals surface area contributed by atoms with Gasteiger partial charge >= 0.3 is 0 Å². The number of carbonyl (C=O) groups is 2. The summed E-state index contributed by atoms with van der Waals surface area (Å²) in [5.41, 5.74) is 1.60. The van der Waals surface area contributed by atoms with E-state index < -0.39 is 28.5 Å². The number of hydrogen-bond acceptors (Lipinski definition) is 4. The first-order chi connectivity index (χ1) is 16.4. The normalized spacial score (nSPS) is 13.4. The van der Waals surface area contributed by atoms with Crippen LogP contribution in [0.15, 0.2) is 47.4 Å². The maximum atomic E-state index is 13.5. The first kappa shape index (κ1) is 29.1. The third kappa shape index (κ3) is 7.67. The number of hydrogen-bond donors (Lipinski definition) is 1. The van der Waals surface area contributed by atoms with Gasteiger partial charge in [0, 0.05) is 19.6 Å². The number of rotatable bonds is 11. The molecule has 0 unspecified atom stereocenters. The zero-order valence-corrected chi connectivity index (χ0v) is 23.0. The highest BCUT2D eigenvalue weighted by Crippen LogP contribution is 2.24. The van der Waals surface area contributed by atoms with Crippen LogP contribution in [0.1, 0.15) is 44.7 Å². The Labute approximate surface area is 218 Å². The van der Waals surface area contributed by atoms with E-state index in [0.29, 0.717) is 22.0 Å². The van der Waals surface area contributed by atoms with E-state index in [0.717, 1.165) is 16.3 Å². The van der Waals surface area contributed by atoms with Crippen LogP contribution in [0, 0.1) is 6.92 Å². The first-order valence-electron chi connectivity index (χ1n) is 11.5. The fraction of sp³-hybridized carbons (Fsp3) is 0.440. The summed E-state index contributed by atoms with van der Waals surface area (Å²) in [5, 5.41) is 3.63. The third-order valence-corrected chi connectivity index (χ3v) is 8.37. The summed E-state index contributed by atoms with van der Waals surface area (Å²) < 4.78 is 27.1. The smallest absolute Gasteiger partial charge is 0.243 e. The van der Waals surface area contributed by atoms with Crippen molar-refractivity contribution in [3.8, 4) is 0 Å². The molecule has 1 N–H and O–H groups in total. The minimum absolute atomic E-state index is 0.0666. The van der Waals surface area contributed by atoms with Gasteiger partial charge in [-0.05, 0) is 56.5 Å². The summed E-state index contributed by atoms with van der Waals surface area (Å²) in [7, 11) is -2.55. The third-order valence-electron chi connectivity index (χ3n) is 5.81. The standard InChI is InChI=1S/C25H33Cl2N3O4S/c1-6-18(4)28-25(32)23(7-2)30(15-19-10-13-21(26)22(27)14-19)24(31)16-29(5)35(33,34)20-11-8-17(3)9-12-20/h8-14,18,23H,6-7,15-16H2,1-5H3,(H,28,32)/t18-,23-/m1/s1. The lowest BCUT2D eigenvalue weighted by Gasteiger charge is -2.32. The van der Waals surface area contributed by atoms with Crippen molar-refractivity contribution >= 4 is 45.0 Å². The van der Waals surface area contributed by atoms with Crippen LogP contribution >= 0.6 is 23.2 Å². The van der Waals surface area contributed by atoms with Gasteiger partial charge in [0.25, 0.3) is 0 Å². The van der Waals surface area contributed by atoms with Crippen molar-refractivity contribution in [2.45, 2.75) is 64.1 Å². The zero-order chi connectivity index (χ0) is 26.3. The van der Waals surface area contributed by atoms with Gasteiger partial charge in [0.1, 0.15) is 6.04 Å². The average Bonchev–Trinajstić information content (AvgIpc) is 2.81. The molecule has 0 aliphatic carbocycles. The van der Waals surface area contributed by atoms with E-state index in [2.05, 4.69) is 5.32 Å². The molecular formula is C25H33Cl2N3O4S. The minimum Gasteiger partial charge on any atom is -0.352 e. The maximum absolute atomic E-state index is 13.5. The molecule has 0 saturated carbocycles. The highest BCUT2D eigenvalue weighted by molar-refractivity contribution is 7.89. The Kier molecular flexibility index (Phi) is 10.6. The number of sulfonamides is 1. The number of likely N-dealkylation sites (N-methyl/N-ethyl adjacent to an activating group) is 1. The number of carbonyl (C=O) groups excluding carboxylic acids is 2. The quantitative estimate of drug-likeness (QED) is 0.448. The second-order valence-corrected chi connectivity index (χ2v) is 11.4. The zero-order valence-electron chi connectivity index (χ0n) is 20.7. The minimum atomic E-state index is -3.90. The van der Waals surface area contributed by atoms with Crippen LogP contribution in [-0.2, 0) is 26.2 Å². The summed E-state index contributed by atoms with van der Waals surface area (Å²) in [6.45, 7) is 7.15. The molecule has 2 rings (SSSR count). The van der Waals surface area contributed by atoms with Gasteiger partial charge in [-0.3, -0.25) is 9.59 Å². The lowest BCUT2D eigenvalue weighted by Crippen LogP contribution is -2.53. The van der Waals surface area contributed by atoms with Crippen molar-refractivity contribution in [3.63, 3.8) is 0 Å². The SMILES string of the molecule is CC[C@@H](C)NC(=O)[C@@H](CC)N(Cc1ccc(Cl)c(Cl)c1)C(=O)CN(C)S(=O)(=O)c1ccc(C)cc1. The Hall–Kier alpha value is -2.13. The highest BCUT2D eigenvalue weighted by Gasteiger charge is 2.32. The van der Waals surface area contributed by atoms with Crippen molar-refractivity contribution in [2.24, 2.45) is 0 Å². The van der Waals surface area contributed by atoms with Gasteiger partial charge in [0.05, 0.1) is 21.5 Å². The number of nitrogens with one attached hydrogen (secondary N) is 1. The Morgan fingerprint density at radius 2 is 1.63 bits per heavy atom. The van der Waals surface area contributed by atoms with Crippen LogP contribution in [0.2, 0.25) is 10.0 Å². The molecule has 0 spiro atoms. The van der Waals surface area contributed by atoms with Gasteiger partial charge in [-0.2, -0.15) is 4.31 Å². The number of halogens is 2. The Balaban J connectivity index is 2.35. The van der Waals surface area contributed by atoms with Crippen molar-refractivity contribution in [1.82, 2.24) is 14.5 Å². The molecule has 0 bridgehead atoms. The molecule has 0 aliphatic rings. The summed E-state index contributed by atoms with van der Waals surface area (Å²) >= 11 is 12.2. The second kappa shape index (κ2) is 12.7. The fourth-order valence-electron chi connectivity index (χ4n) is 3.45. The van der Waals surface area contributed by atoms with Gasteiger partial charge in [-0.25, -0.2) is 8.42 Å².